The molecule has 16 heavy (non-hydrogen) atoms. The fraction of sp³-hybridized carbons (Fsp3) is 0.250. The van der Waals surface area contributed by atoms with Crippen LogP contribution in [0.3, 0.4) is 0 Å². The Morgan fingerprint density at radius 3 is 2.31 bits per heavy atom. The molecule has 82 valence electrons. The van der Waals surface area contributed by atoms with Gasteiger partial charge in [0.1, 0.15) is 0 Å². The normalized spacial score (nSPS) is 11.4. The first-order chi connectivity index (χ1) is 7.57. The third-order valence-electron chi connectivity index (χ3n) is 2.22. The third kappa shape index (κ3) is 2.23. The minimum absolute atomic E-state index is 0.563. The Morgan fingerprint density at radius 2 is 1.69 bits per heavy atom. The molecule has 2 rings (SSSR count). The monoisotopic (exact) mass is 215 g/mol. The van der Waals surface area contributed by atoms with Gasteiger partial charge < -0.3 is 0 Å². The summed E-state index contributed by atoms with van der Waals surface area (Å²) in [6, 6.07) is 10.00. The van der Waals surface area contributed by atoms with Crippen molar-refractivity contribution in [3.05, 3.63) is 36.5 Å². The molecule has 0 amide bonds. The molecule has 0 spiro atoms. The zero-order valence-electron chi connectivity index (χ0n) is 9.75. The molecule has 0 aliphatic carbocycles. The highest BCUT2D eigenvalue weighted by atomic mass is 15.4. The van der Waals surface area contributed by atoms with E-state index < -0.39 is 0 Å². The topological polar surface area (TPSA) is 38.7 Å². The zero-order chi connectivity index (χ0) is 11.6. The second-order valence-electron chi connectivity index (χ2n) is 4.52. The van der Waals surface area contributed by atoms with Crippen LogP contribution in [-0.4, -0.2) is 36.3 Å². The molecule has 0 aliphatic rings. The van der Waals surface area contributed by atoms with Crippen molar-refractivity contribution in [1.82, 2.24) is 19.7 Å². The van der Waals surface area contributed by atoms with E-state index in [9.17, 15) is 0 Å². The molecule has 0 saturated heterocycles. The van der Waals surface area contributed by atoms with Crippen molar-refractivity contribution in [2.75, 3.05) is 21.1 Å². The number of hydrogen-bond acceptors (Lipinski definition) is 3. The van der Waals surface area contributed by atoms with Crippen molar-refractivity contribution in [3.63, 3.8) is 0 Å². The standard InChI is InChI=1S/C12H15N4/c1-16(2,3)12-14-11(9-13-15-12)10-7-5-4-6-8-10/h4-9H,1-3H3/q+1. The summed E-state index contributed by atoms with van der Waals surface area (Å²) in [7, 11) is 6.06. The molecule has 4 nitrogen and oxygen atoms in total. The summed E-state index contributed by atoms with van der Waals surface area (Å²) in [6.45, 7) is 0. The van der Waals surface area contributed by atoms with Gasteiger partial charge in [0.2, 0.25) is 0 Å². The van der Waals surface area contributed by atoms with Crippen LogP contribution in [0.4, 0.5) is 5.95 Å². The predicted molar refractivity (Wildman–Crippen MR) is 64.8 cm³/mol. The second-order valence-corrected chi connectivity index (χ2v) is 4.52. The first-order valence-electron chi connectivity index (χ1n) is 5.14. The smallest absolute Gasteiger partial charge is 0.263 e. The number of rotatable bonds is 2. The summed E-state index contributed by atoms with van der Waals surface area (Å²) in [5.41, 5.74) is 1.92. The highest BCUT2D eigenvalue weighted by Gasteiger charge is 2.17. The van der Waals surface area contributed by atoms with E-state index in [0.29, 0.717) is 10.4 Å². The van der Waals surface area contributed by atoms with Crippen LogP contribution < -0.4 is 4.48 Å². The Morgan fingerprint density at radius 1 is 1.00 bits per heavy atom. The van der Waals surface area contributed by atoms with E-state index in [4.69, 9.17) is 0 Å². The first-order valence-corrected chi connectivity index (χ1v) is 5.14. The van der Waals surface area contributed by atoms with E-state index in [0.717, 1.165) is 11.3 Å². The Balaban J connectivity index is 2.45. The van der Waals surface area contributed by atoms with Crippen molar-refractivity contribution in [2.24, 2.45) is 0 Å². The van der Waals surface area contributed by atoms with Gasteiger partial charge in [-0.2, -0.15) is 4.98 Å². The molecule has 1 aromatic heterocycles. The van der Waals surface area contributed by atoms with Gasteiger partial charge in [0.15, 0.2) is 0 Å². The molecular formula is C12H15N4+. The van der Waals surface area contributed by atoms with Crippen molar-refractivity contribution in [1.29, 1.82) is 0 Å². The summed E-state index contributed by atoms with van der Waals surface area (Å²) >= 11 is 0. The molecule has 2 aromatic rings. The van der Waals surface area contributed by atoms with Gasteiger partial charge >= 0.3 is 5.95 Å². The summed E-state index contributed by atoms with van der Waals surface area (Å²) in [6.07, 6.45) is 1.69. The SMILES string of the molecule is C[N+](C)(C)c1nncc(-c2ccccc2)n1. The first kappa shape index (κ1) is 10.7. The number of hydrogen-bond donors (Lipinski definition) is 0. The van der Waals surface area contributed by atoms with E-state index in [2.05, 4.69) is 15.2 Å². The number of benzene rings is 1. The lowest BCUT2D eigenvalue weighted by Gasteiger charge is -2.19. The molecule has 0 aliphatic heterocycles. The lowest BCUT2D eigenvalue weighted by atomic mass is 10.2. The highest BCUT2D eigenvalue weighted by molar-refractivity contribution is 5.58. The maximum absolute atomic E-state index is 4.51. The maximum Gasteiger partial charge on any atom is 0.347 e. The molecular weight excluding hydrogens is 200 g/mol. The fourth-order valence-electron chi connectivity index (χ4n) is 1.33. The van der Waals surface area contributed by atoms with E-state index >= 15 is 0 Å². The van der Waals surface area contributed by atoms with Gasteiger partial charge in [0.25, 0.3) is 0 Å². The van der Waals surface area contributed by atoms with Crippen LogP contribution in [-0.2, 0) is 0 Å². The Labute approximate surface area is 95.2 Å². The molecule has 0 radical (unpaired) electrons. The molecule has 0 bridgehead atoms. The third-order valence-corrected chi connectivity index (χ3v) is 2.22. The van der Waals surface area contributed by atoms with Crippen molar-refractivity contribution in [2.45, 2.75) is 0 Å². The lowest BCUT2D eigenvalue weighted by molar-refractivity contribution is 0.453. The molecule has 0 N–H and O–H groups in total. The van der Waals surface area contributed by atoms with Crippen LogP contribution in [0, 0.1) is 0 Å². The average Bonchev–Trinajstić information content (AvgIpc) is 2.29. The van der Waals surface area contributed by atoms with Gasteiger partial charge in [-0.25, -0.2) is 0 Å². The summed E-state index contributed by atoms with van der Waals surface area (Å²) in [5.74, 6) is 0.710. The molecule has 1 heterocycles. The van der Waals surface area contributed by atoms with Crippen LogP contribution in [0.5, 0.6) is 0 Å². The minimum Gasteiger partial charge on any atom is -0.263 e. The minimum atomic E-state index is 0.563. The van der Waals surface area contributed by atoms with Gasteiger partial charge in [-0.3, -0.25) is 4.48 Å². The molecule has 0 atom stereocenters. The Kier molecular flexibility index (Phi) is 2.66. The Hall–Kier alpha value is -1.81. The molecule has 0 saturated carbocycles. The molecule has 1 aromatic carbocycles. The maximum atomic E-state index is 4.51. The van der Waals surface area contributed by atoms with Gasteiger partial charge in [-0.1, -0.05) is 35.4 Å². The number of nitrogens with zero attached hydrogens (tertiary/aromatic N) is 4. The van der Waals surface area contributed by atoms with Crippen LogP contribution >= 0.6 is 0 Å². The number of quaternary nitrogens is 1. The average molecular weight is 215 g/mol. The van der Waals surface area contributed by atoms with Gasteiger partial charge in [0, 0.05) is 5.56 Å². The lowest BCUT2D eigenvalue weighted by Crippen LogP contribution is -2.37. The van der Waals surface area contributed by atoms with Crippen molar-refractivity contribution >= 4 is 5.95 Å². The van der Waals surface area contributed by atoms with Gasteiger partial charge in [-0.15, -0.1) is 5.10 Å². The van der Waals surface area contributed by atoms with Crippen LogP contribution in [0.2, 0.25) is 0 Å². The highest BCUT2D eigenvalue weighted by Crippen LogP contribution is 2.17. The van der Waals surface area contributed by atoms with Crippen molar-refractivity contribution in [3.8, 4) is 11.3 Å². The molecule has 0 unspecified atom stereocenters. The van der Waals surface area contributed by atoms with Crippen LogP contribution in [0.25, 0.3) is 11.3 Å². The zero-order valence-corrected chi connectivity index (χ0v) is 9.75. The van der Waals surface area contributed by atoms with Gasteiger partial charge in [-0.05, 0) is 0 Å². The van der Waals surface area contributed by atoms with E-state index in [-0.39, 0.29) is 0 Å². The fourth-order valence-corrected chi connectivity index (χ4v) is 1.33. The Bertz CT molecular complexity index is 474. The summed E-state index contributed by atoms with van der Waals surface area (Å²) in [5, 5.41) is 8.05. The summed E-state index contributed by atoms with van der Waals surface area (Å²) < 4.78 is 0.563. The van der Waals surface area contributed by atoms with Gasteiger partial charge in [0.05, 0.1) is 33.0 Å². The number of aromatic nitrogens is 3. The molecule has 0 fully saturated rings. The van der Waals surface area contributed by atoms with Crippen molar-refractivity contribution < 1.29 is 0 Å². The van der Waals surface area contributed by atoms with E-state index in [1.165, 1.54) is 0 Å². The van der Waals surface area contributed by atoms with Crippen LogP contribution in [0.1, 0.15) is 0 Å². The van der Waals surface area contributed by atoms with E-state index in [1.807, 2.05) is 51.5 Å². The van der Waals surface area contributed by atoms with E-state index in [1.54, 1.807) is 6.20 Å². The second kappa shape index (κ2) is 3.98. The summed E-state index contributed by atoms with van der Waals surface area (Å²) in [4.78, 5) is 4.51. The van der Waals surface area contributed by atoms with Crippen LogP contribution in [0.15, 0.2) is 36.5 Å². The largest absolute Gasteiger partial charge is 0.347 e. The molecule has 4 heteroatoms. The quantitative estimate of drug-likeness (QED) is 0.716. The predicted octanol–water partition coefficient (Wildman–Crippen LogP) is 1.74.